The van der Waals surface area contributed by atoms with Gasteiger partial charge in [0, 0.05) is 5.56 Å². The lowest BCUT2D eigenvalue weighted by molar-refractivity contribution is 0.308. The van der Waals surface area contributed by atoms with Crippen molar-refractivity contribution in [1.82, 2.24) is 0 Å². The normalized spacial score (nSPS) is 12.2. The van der Waals surface area contributed by atoms with Crippen molar-refractivity contribution in [2.45, 2.75) is 52.8 Å². The summed E-state index contributed by atoms with van der Waals surface area (Å²) in [6, 6.07) is 4.03. The molecule has 2 nitrogen and oxygen atoms in total. The molecule has 1 rings (SSSR count). The Morgan fingerprint density at radius 1 is 1.24 bits per heavy atom. The van der Waals surface area contributed by atoms with Crippen LogP contribution in [0, 0.1) is 6.92 Å². The molecule has 1 aromatic carbocycles. The topological polar surface area (TPSA) is 29.5 Å². The van der Waals surface area contributed by atoms with Crippen molar-refractivity contribution < 1.29 is 9.53 Å². The van der Waals surface area contributed by atoms with Crippen LogP contribution in [0.1, 0.15) is 37.5 Å². The highest BCUT2D eigenvalue weighted by Crippen LogP contribution is 2.36. The van der Waals surface area contributed by atoms with E-state index in [2.05, 4.69) is 39.9 Å². The molecule has 0 bridgehead atoms. The zero-order valence-corrected chi connectivity index (χ0v) is 12.7. The van der Waals surface area contributed by atoms with Gasteiger partial charge in [-0.2, -0.15) is 0 Å². The maximum atomic E-state index is 10.2. The molecule has 0 saturated carbocycles. The Morgan fingerprint density at radius 3 is 2.29 bits per heavy atom. The van der Waals surface area contributed by atoms with Crippen molar-refractivity contribution in [2.75, 3.05) is 0 Å². The van der Waals surface area contributed by atoms with Crippen LogP contribution in [-0.2, 0) is 16.4 Å². The fraction of sp³-hybridized carbons (Fsp3) is 0.571. The van der Waals surface area contributed by atoms with Crippen LogP contribution in [0.2, 0.25) is 13.1 Å². The minimum Gasteiger partial charge on any atom is -0.507 e. The van der Waals surface area contributed by atoms with Gasteiger partial charge in [-0.1, -0.05) is 32.9 Å². The molecule has 17 heavy (non-hydrogen) atoms. The van der Waals surface area contributed by atoms with Gasteiger partial charge in [-0.25, -0.2) is 0 Å². The maximum absolute atomic E-state index is 10.2. The second kappa shape index (κ2) is 5.23. The van der Waals surface area contributed by atoms with Crippen molar-refractivity contribution in [3.05, 3.63) is 28.8 Å². The highest BCUT2D eigenvalue weighted by molar-refractivity contribution is 6.48. The standard InChI is InChI=1S/C14H23O2Si/c1-10-7-8-11(9-16-17(5)6)12(13(10)15)14(2,3)4/h7-8,15H,9H2,1-6H3. The van der Waals surface area contributed by atoms with Gasteiger partial charge in [0.2, 0.25) is 9.04 Å². The average molecular weight is 251 g/mol. The average Bonchev–Trinajstić information content (AvgIpc) is 2.17. The van der Waals surface area contributed by atoms with Crippen LogP contribution in [0.5, 0.6) is 5.75 Å². The summed E-state index contributed by atoms with van der Waals surface area (Å²) < 4.78 is 5.75. The molecule has 0 unspecified atom stereocenters. The minimum absolute atomic E-state index is 0.0663. The summed E-state index contributed by atoms with van der Waals surface area (Å²) in [7, 11) is -0.698. The first-order valence-corrected chi connectivity index (χ1v) is 8.39. The number of phenols is 1. The first-order chi connectivity index (χ1) is 7.73. The van der Waals surface area contributed by atoms with Crippen molar-refractivity contribution in [1.29, 1.82) is 0 Å². The second-order valence-corrected chi connectivity index (χ2v) is 7.82. The van der Waals surface area contributed by atoms with Gasteiger partial charge < -0.3 is 9.53 Å². The highest BCUT2D eigenvalue weighted by atomic mass is 28.3. The predicted octanol–water partition coefficient (Wildman–Crippen LogP) is 3.77. The molecule has 1 radical (unpaired) electrons. The molecule has 3 heteroatoms. The van der Waals surface area contributed by atoms with Gasteiger partial charge in [0.05, 0.1) is 6.61 Å². The Labute approximate surface area is 106 Å². The van der Waals surface area contributed by atoms with Gasteiger partial charge in [0.25, 0.3) is 0 Å². The molecule has 0 aliphatic rings. The quantitative estimate of drug-likeness (QED) is 0.829. The first-order valence-electron chi connectivity index (χ1n) is 5.98. The van der Waals surface area contributed by atoms with Crippen LogP contribution in [0.4, 0.5) is 0 Å². The van der Waals surface area contributed by atoms with Gasteiger partial charge in [-0.3, -0.25) is 0 Å². The fourth-order valence-electron chi connectivity index (χ4n) is 1.92. The molecule has 0 aliphatic carbocycles. The Hall–Kier alpha value is -0.803. The molecule has 95 valence electrons. The summed E-state index contributed by atoms with van der Waals surface area (Å²) in [5.74, 6) is 0.416. The van der Waals surface area contributed by atoms with Gasteiger partial charge in [-0.05, 0) is 36.6 Å². The van der Waals surface area contributed by atoms with E-state index in [4.69, 9.17) is 4.43 Å². The fourth-order valence-corrected chi connectivity index (χ4v) is 2.36. The summed E-state index contributed by atoms with van der Waals surface area (Å²) in [5, 5.41) is 10.2. The Balaban J connectivity index is 3.17. The molecule has 0 aromatic heterocycles. The molecular weight excluding hydrogens is 228 g/mol. The third-order valence-electron chi connectivity index (χ3n) is 2.73. The lowest BCUT2D eigenvalue weighted by Gasteiger charge is -2.25. The van der Waals surface area contributed by atoms with Crippen molar-refractivity contribution >= 4 is 9.04 Å². The smallest absolute Gasteiger partial charge is 0.205 e. The number of benzene rings is 1. The van der Waals surface area contributed by atoms with Crippen LogP contribution in [0.25, 0.3) is 0 Å². The van der Waals surface area contributed by atoms with Crippen LogP contribution in [0.3, 0.4) is 0 Å². The Morgan fingerprint density at radius 2 is 1.82 bits per heavy atom. The summed E-state index contributed by atoms with van der Waals surface area (Å²) in [6.07, 6.45) is 0. The van der Waals surface area contributed by atoms with E-state index >= 15 is 0 Å². The number of rotatable bonds is 3. The maximum Gasteiger partial charge on any atom is 0.205 e. The van der Waals surface area contributed by atoms with Gasteiger partial charge in [-0.15, -0.1) is 0 Å². The molecule has 1 N–H and O–H groups in total. The first kappa shape index (κ1) is 14.3. The Kier molecular flexibility index (Phi) is 4.39. The summed E-state index contributed by atoms with van der Waals surface area (Å²) in [6.45, 7) is 13.1. The lowest BCUT2D eigenvalue weighted by atomic mass is 9.82. The van der Waals surface area contributed by atoms with Crippen LogP contribution in [0.15, 0.2) is 12.1 Å². The van der Waals surface area contributed by atoms with E-state index in [1.54, 1.807) is 0 Å². The number of aromatic hydroxyl groups is 1. The zero-order chi connectivity index (χ0) is 13.2. The molecule has 0 spiro atoms. The van der Waals surface area contributed by atoms with Gasteiger partial charge in [0.15, 0.2) is 0 Å². The number of aryl methyl sites for hydroxylation is 1. The van der Waals surface area contributed by atoms with E-state index in [9.17, 15) is 5.11 Å². The summed E-state index contributed by atoms with van der Waals surface area (Å²) in [4.78, 5) is 0. The van der Waals surface area contributed by atoms with Crippen LogP contribution < -0.4 is 0 Å². The third kappa shape index (κ3) is 3.58. The van der Waals surface area contributed by atoms with E-state index in [1.807, 2.05) is 13.0 Å². The molecule has 0 atom stereocenters. The number of hydrogen-bond donors (Lipinski definition) is 1. The highest BCUT2D eigenvalue weighted by Gasteiger charge is 2.23. The zero-order valence-electron chi connectivity index (χ0n) is 11.7. The van der Waals surface area contributed by atoms with E-state index in [0.29, 0.717) is 12.4 Å². The number of hydrogen-bond acceptors (Lipinski definition) is 2. The SMILES string of the molecule is Cc1ccc(CO[Si](C)C)c(C(C)(C)C)c1O. The van der Waals surface area contributed by atoms with Crippen LogP contribution >= 0.6 is 0 Å². The molecular formula is C14H23O2Si. The van der Waals surface area contributed by atoms with E-state index in [1.165, 1.54) is 0 Å². The van der Waals surface area contributed by atoms with E-state index < -0.39 is 9.04 Å². The Bertz CT molecular complexity index is 392. The minimum atomic E-state index is -0.698. The molecule has 0 amide bonds. The molecule has 0 heterocycles. The number of phenolic OH excluding ortho intramolecular Hbond substituents is 1. The largest absolute Gasteiger partial charge is 0.507 e. The molecule has 0 aliphatic heterocycles. The van der Waals surface area contributed by atoms with Gasteiger partial charge in [0.1, 0.15) is 5.75 Å². The molecule has 1 aromatic rings. The van der Waals surface area contributed by atoms with Crippen molar-refractivity contribution in [3.63, 3.8) is 0 Å². The lowest BCUT2D eigenvalue weighted by Crippen LogP contribution is -2.17. The predicted molar refractivity (Wildman–Crippen MR) is 73.8 cm³/mol. The van der Waals surface area contributed by atoms with Crippen molar-refractivity contribution in [3.8, 4) is 5.75 Å². The van der Waals surface area contributed by atoms with Gasteiger partial charge >= 0.3 is 0 Å². The van der Waals surface area contributed by atoms with Crippen LogP contribution in [-0.4, -0.2) is 14.1 Å². The van der Waals surface area contributed by atoms with Crippen molar-refractivity contribution in [2.24, 2.45) is 0 Å². The van der Waals surface area contributed by atoms with E-state index in [-0.39, 0.29) is 5.41 Å². The molecule has 0 saturated heterocycles. The van der Waals surface area contributed by atoms with E-state index in [0.717, 1.165) is 16.7 Å². The summed E-state index contributed by atoms with van der Waals surface area (Å²) in [5.41, 5.74) is 2.98. The molecule has 0 fully saturated rings. The summed E-state index contributed by atoms with van der Waals surface area (Å²) >= 11 is 0. The third-order valence-corrected chi connectivity index (χ3v) is 3.45. The monoisotopic (exact) mass is 251 g/mol. The second-order valence-electron chi connectivity index (χ2n) is 5.71.